The summed E-state index contributed by atoms with van der Waals surface area (Å²) in [6, 6.07) is 16.6. The maximum atomic E-state index is 12.8. The first kappa shape index (κ1) is 21.3. The lowest BCUT2D eigenvalue weighted by Crippen LogP contribution is -2.49. The molecule has 6 nitrogen and oxygen atoms in total. The summed E-state index contributed by atoms with van der Waals surface area (Å²) in [6.45, 7) is 4.09. The van der Waals surface area contributed by atoms with Crippen molar-refractivity contribution in [1.29, 1.82) is 0 Å². The number of carbonyl (C=O) groups is 1. The summed E-state index contributed by atoms with van der Waals surface area (Å²) in [5.41, 5.74) is 5.92. The lowest BCUT2D eigenvalue weighted by atomic mass is 9.98. The van der Waals surface area contributed by atoms with Gasteiger partial charge in [-0.15, -0.1) is 12.4 Å². The first-order valence-corrected chi connectivity index (χ1v) is 10.3. The zero-order valence-electron chi connectivity index (χ0n) is 17.3. The molecule has 31 heavy (non-hydrogen) atoms. The summed E-state index contributed by atoms with van der Waals surface area (Å²) in [4.78, 5) is 23.4. The number of benzene rings is 2. The van der Waals surface area contributed by atoms with Crippen molar-refractivity contribution in [1.82, 2.24) is 20.2 Å². The molecule has 2 aliphatic rings. The number of nitrogens with one attached hydrogen (secondary N) is 1. The molecule has 2 aromatic carbocycles. The van der Waals surface area contributed by atoms with Crippen molar-refractivity contribution < 1.29 is 9.53 Å². The molecule has 1 unspecified atom stereocenters. The zero-order chi connectivity index (χ0) is 20.5. The third kappa shape index (κ3) is 4.13. The van der Waals surface area contributed by atoms with Crippen LogP contribution >= 0.6 is 12.4 Å². The van der Waals surface area contributed by atoms with Gasteiger partial charge in [0.25, 0.3) is 0 Å². The van der Waals surface area contributed by atoms with Crippen LogP contribution in [0.2, 0.25) is 0 Å². The molecule has 1 N–H and O–H groups in total. The Labute approximate surface area is 188 Å². The third-order valence-corrected chi connectivity index (χ3v) is 5.88. The number of aryl methyl sites for hydroxylation is 1. The van der Waals surface area contributed by atoms with E-state index in [1.165, 1.54) is 22.3 Å². The van der Waals surface area contributed by atoms with E-state index >= 15 is 0 Å². The molecule has 0 bridgehead atoms. The molecule has 1 aromatic heterocycles. The Morgan fingerprint density at radius 3 is 2.32 bits per heavy atom. The monoisotopic (exact) mass is 436 g/mol. The van der Waals surface area contributed by atoms with E-state index in [1.807, 2.05) is 19.1 Å². The van der Waals surface area contributed by atoms with Crippen LogP contribution in [0.4, 0.5) is 4.79 Å². The van der Waals surface area contributed by atoms with Crippen molar-refractivity contribution in [2.24, 2.45) is 0 Å². The Kier molecular flexibility index (Phi) is 6.20. The summed E-state index contributed by atoms with van der Waals surface area (Å²) < 4.78 is 5.80. The highest BCUT2D eigenvalue weighted by Crippen LogP contribution is 2.44. The van der Waals surface area contributed by atoms with Gasteiger partial charge in [0.1, 0.15) is 12.4 Å². The Hall–Kier alpha value is -2.96. The second-order valence-electron chi connectivity index (χ2n) is 7.88. The molecule has 0 spiro atoms. The van der Waals surface area contributed by atoms with Crippen LogP contribution in [0.15, 0.2) is 60.9 Å². The highest BCUT2D eigenvalue weighted by molar-refractivity contribution is 5.85. The number of amides is 1. The van der Waals surface area contributed by atoms with E-state index in [0.717, 1.165) is 5.56 Å². The van der Waals surface area contributed by atoms with Crippen LogP contribution in [0.25, 0.3) is 11.1 Å². The zero-order valence-corrected chi connectivity index (χ0v) is 18.1. The highest BCUT2D eigenvalue weighted by Gasteiger charge is 2.31. The normalized spacial score (nSPS) is 17.5. The van der Waals surface area contributed by atoms with Gasteiger partial charge >= 0.3 is 6.09 Å². The number of aromatic nitrogens is 2. The van der Waals surface area contributed by atoms with Crippen LogP contribution in [0.3, 0.4) is 0 Å². The number of fused-ring (bicyclic) bond motifs is 3. The van der Waals surface area contributed by atoms with Crippen LogP contribution in [-0.4, -0.2) is 47.2 Å². The average Bonchev–Trinajstić information content (AvgIpc) is 3.12. The smallest absolute Gasteiger partial charge is 0.409 e. The maximum Gasteiger partial charge on any atom is 0.409 e. The summed E-state index contributed by atoms with van der Waals surface area (Å²) in [5, 5.41) is 3.39. The van der Waals surface area contributed by atoms with Crippen LogP contribution < -0.4 is 5.32 Å². The Morgan fingerprint density at radius 1 is 1.06 bits per heavy atom. The maximum absolute atomic E-state index is 12.8. The molecule has 1 aliphatic carbocycles. The number of carbonyl (C=O) groups excluding carboxylic acids is 1. The molecule has 7 heteroatoms. The second-order valence-corrected chi connectivity index (χ2v) is 7.88. The van der Waals surface area contributed by atoms with E-state index in [2.05, 4.69) is 51.7 Å². The van der Waals surface area contributed by atoms with Crippen molar-refractivity contribution in [3.63, 3.8) is 0 Å². The van der Waals surface area contributed by atoms with Gasteiger partial charge < -0.3 is 15.0 Å². The number of hydrogen-bond acceptors (Lipinski definition) is 5. The summed E-state index contributed by atoms with van der Waals surface area (Å²) in [5.74, 6) is 0.775. The van der Waals surface area contributed by atoms with Gasteiger partial charge in [0, 0.05) is 37.9 Å². The van der Waals surface area contributed by atoms with E-state index < -0.39 is 0 Å². The topological polar surface area (TPSA) is 67.4 Å². The Morgan fingerprint density at radius 2 is 1.68 bits per heavy atom. The first-order chi connectivity index (χ1) is 14.7. The number of halogens is 1. The van der Waals surface area contributed by atoms with E-state index in [1.54, 1.807) is 17.3 Å². The fourth-order valence-electron chi connectivity index (χ4n) is 4.36. The van der Waals surface area contributed by atoms with Crippen LogP contribution in [-0.2, 0) is 4.74 Å². The molecule has 1 aliphatic heterocycles. The van der Waals surface area contributed by atoms with Crippen molar-refractivity contribution in [3.05, 3.63) is 83.4 Å². The van der Waals surface area contributed by atoms with Crippen molar-refractivity contribution >= 4 is 18.5 Å². The number of ether oxygens (including phenoxy) is 1. The predicted molar refractivity (Wildman–Crippen MR) is 121 cm³/mol. The fourth-order valence-corrected chi connectivity index (χ4v) is 4.36. The number of nitrogens with zero attached hydrogens (tertiary/aromatic N) is 3. The van der Waals surface area contributed by atoms with Gasteiger partial charge in [-0.3, -0.25) is 0 Å². The lowest BCUT2D eigenvalue weighted by Gasteiger charge is -2.32. The van der Waals surface area contributed by atoms with Gasteiger partial charge in [-0.1, -0.05) is 48.5 Å². The van der Waals surface area contributed by atoms with E-state index in [4.69, 9.17) is 4.74 Å². The van der Waals surface area contributed by atoms with Crippen molar-refractivity contribution in [2.75, 3.05) is 26.2 Å². The Balaban J connectivity index is 0.00000231. The minimum Gasteiger partial charge on any atom is -0.448 e. The van der Waals surface area contributed by atoms with Gasteiger partial charge in [-0.2, -0.15) is 0 Å². The number of piperazine rings is 1. The summed E-state index contributed by atoms with van der Waals surface area (Å²) in [6.07, 6.45) is 3.32. The minimum atomic E-state index is -0.282. The fraction of sp³-hybridized carbons (Fsp3) is 0.292. The van der Waals surface area contributed by atoms with Crippen LogP contribution in [0, 0.1) is 6.92 Å². The lowest BCUT2D eigenvalue weighted by molar-refractivity contribution is 0.0876. The molecule has 160 valence electrons. The molecule has 0 radical (unpaired) electrons. The molecule has 1 atom stereocenters. The van der Waals surface area contributed by atoms with Crippen molar-refractivity contribution in [3.8, 4) is 11.1 Å². The molecule has 1 amide bonds. The number of rotatable bonds is 3. The molecular weight excluding hydrogens is 412 g/mol. The van der Waals surface area contributed by atoms with Gasteiger partial charge in [-0.05, 0) is 34.7 Å². The van der Waals surface area contributed by atoms with Crippen LogP contribution in [0.5, 0.6) is 0 Å². The standard InChI is InChI=1S/C24H24N4O2.ClH/c1-16-12-26-23(27-13-16)22-14-28(11-10-25-22)24(29)30-15-21-19-8-4-2-6-17(19)18-7-3-5-9-20(18)21;/h2-9,12-13,21-22,25H,10-11,14-15H2,1H3;1H. The molecule has 5 rings (SSSR count). The van der Waals surface area contributed by atoms with E-state index in [9.17, 15) is 4.79 Å². The Bertz CT molecular complexity index is 1030. The third-order valence-electron chi connectivity index (χ3n) is 5.88. The SMILES string of the molecule is Cc1cnc(C2CN(C(=O)OCC3c4ccccc4-c4ccccc43)CCN2)nc1.Cl. The molecule has 2 heterocycles. The summed E-state index contributed by atoms with van der Waals surface area (Å²) >= 11 is 0. The molecule has 1 fully saturated rings. The average molecular weight is 437 g/mol. The molecule has 0 saturated carbocycles. The largest absolute Gasteiger partial charge is 0.448 e. The molecule has 3 aromatic rings. The molecular formula is C24H25ClN4O2. The second kappa shape index (κ2) is 9.04. The van der Waals surface area contributed by atoms with Gasteiger partial charge in [0.05, 0.1) is 6.04 Å². The van der Waals surface area contributed by atoms with Gasteiger partial charge in [-0.25, -0.2) is 14.8 Å². The van der Waals surface area contributed by atoms with Crippen LogP contribution in [0.1, 0.15) is 34.5 Å². The quantitative estimate of drug-likeness (QED) is 0.669. The minimum absolute atomic E-state index is 0. The predicted octanol–water partition coefficient (Wildman–Crippen LogP) is 4.10. The van der Waals surface area contributed by atoms with E-state index in [-0.39, 0.29) is 30.5 Å². The van der Waals surface area contributed by atoms with E-state index in [0.29, 0.717) is 32.1 Å². The van der Waals surface area contributed by atoms with Gasteiger partial charge in [0.2, 0.25) is 0 Å². The van der Waals surface area contributed by atoms with Crippen molar-refractivity contribution in [2.45, 2.75) is 18.9 Å². The first-order valence-electron chi connectivity index (χ1n) is 10.3. The van der Waals surface area contributed by atoms with Gasteiger partial charge in [0.15, 0.2) is 0 Å². The highest BCUT2D eigenvalue weighted by atomic mass is 35.5. The molecule has 1 saturated heterocycles. The summed E-state index contributed by atoms with van der Waals surface area (Å²) in [7, 11) is 0. The number of hydrogen-bond donors (Lipinski definition) is 1.